The minimum Gasteiger partial charge on any atom is -0.359 e. The highest BCUT2D eigenvalue weighted by Crippen LogP contribution is 2.42. The SMILES string of the molecule is CN(C)C[C@@H]1CN(c2sc(C(F)(F)F)nc2-c2nc3ccccc3[nH]2)CCN1. The number of alkyl halides is 3. The number of imidazole rings is 1. The normalized spacial score (nSPS) is 18.4. The fraction of sp³-hybridized carbons (Fsp3) is 0.444. The number of rotatable bonds is 4. The Kier molecular flexibility index (Phi) is 5.02. The van der Waals surface area contributed by atoms with Crippen molar-refractivity contribution in [2.75, 3.05) is 45.2 Å². The summed E-state index contributed by atoms with van der Waals surface area (Å²) in [6.07, 6.45) is -4.49. The van der Waals surface area contributed by atoms with Gasteiger partial charge in [0, 0.05) is 32.2 Å². The molecule has 0 spiro atoms. The lowest BCUT2D eigenvalue weighted by atomic mass is 10.2. The van der Waals surface area contributed by atoms with Crippen LogP contribution in [0.5, 0.6) is 0 Å². The predicted molar refractivity (Wildman–Crippen MR) is 105 cm³/mol. The molecule has 0 amide bonds. The number of hydrogen-bond acceptors (Lipinski definition) is 6. The van der Waals surface area contributed by atoms with Crippen LogP contribution in [0.1, 0.15) is 5.01 Å². The molecule has 1 aliphatic rings. The molecule has 0 saturated carbocycles. The van der Waals surface area contributed by atoms with E-state index in [0.717, 1.165) is 12.1 Å². The average Bonchev–Trinajstić information content (AvgIpc) is 3.25. The number of aromatic nitrogens is 3. The number of halogens is 3. The fourth-order valence-electron chi connectivity index (χ4n) is 3.44. The van der Waals surface area contributed by atoms with E-state index in [1.54, 1.807) is 0 Å². The van der Waals surface area contributed by atoms with Crippen molar-refractivity contribution in [2.45, 2.75) is 12.2 Å². The zero-order valence-corrected chi connectivity index (χ0v) is 16.4. The number of hydrogen-bond donors (Lipinski definition) is 2. The summed E-state index contributed by atoms with van der Waals surface area (Å²) >= 11 is 0.687. The van der Waals surface area contributed by atoms with E-state index < -0.39 is 11.2 Å². The zero-order chi connectivity index (χ0) is 19.9. The second kappa shape index (κ2) is 7.34. The molecule has 3 aromatic rings. The number of nitrogens with zero attached hydrogens (tertiary/aromatic N) is 4. The Labute approximate surface area is 164 Å². The van der Waals surface area contributed by atoms with Gasteiger partial charge in [0.15, 0.2) is 5.82 Å². The third-order valence-corrected chi connectivity index (χ3v) is 5.75. The van der Waals surface area contributed by atoms with Crippen molar-refractivity contribution in [3.63, 3.8) is 0 Å². The van der Waals surface area contributed by atoms with Gasteiger partial charge in [-0.05, 0) is 26.2 Å². The van der Waals surface area contributed by atoms with Crippen molar-refractivity contribution in [3.8, 4) is 11.5 Å². The van der Waals surface area contributed by atoms with E-state index in [2.05, 4.69) is 25.2 Å². The highest BCUT2D eigenvalue weighted by molar-refractivity contribution is 7.16. The molecule has 0 bridgehead atoms. The second-order valence-electron chi connectivity index (χ2n) is 7.13. The van der Waals surface area contributed by atoms with Gasteiger partial charge in [0.25, 0.3) is 0 Å². The molecule has 1 atom stereocenters. The Morgan fingerprint density at radius 1 is 1.25 bits per heavy atom. The van der Waals surface area contributed by atoms with Crippen LogP contribution in [-0.4, -0.2) is 66.2 Å². The summed E-state index contributed by atoms with van der Waals surface area (Å²) in [7, 11) is 3.96. The molecule has 1 aromatic carbocycles. The minimum atomic E-state index is -4.49. The van der Waals surface area contributed by atoms with E-state index in [4.69, 9.17) is 0 Å². The molecule has 150 valence electrons. The molecule has 2 aromatic heterocycles. The molecule has 0 unspecified atom stereocenters. The van der Waals surface area contributed by atoms with Crippen LogP contribution in [0.15, 0.2) is 24.3 Å². The monoisotopic (exact) mass is 410 g/mol. The second-order valence-corrected chi connectivity index (χ2v) is 8.11. The number of likely N-dealkylation sites (N-methyl/N-ethyl adjacent to an activating group) is 1. The summed E-state index contributed by atoms with van der Waals surface area (Å²) < 4.78 is 40.2. The zero-order valence-electron chi connectivity index (χ0n) is 15.5. The lowest BCUT2D eigenvalue weighted by molar-refractivity contribution is -0.137. The number of H-pyrrole nitrogens is 1. The maximum Gasteiger partial charge on any atom is 0.443 e. The summed E-state index contributed by atoms with van der Waals surface area (Å²) in [5, 5.41) is 3.09. The maximum absolute atomic E-state index is 13.4. The van der Waals surface area contributed by atoms with Crippen molar-refractivity contribution < 1.29 is 13.2 Å². The summed E-state index contributed by atoms with van der Waals surface area (Å²) in [6.45, 7) is 2.75. The van der Waals surface area contributed by atoms with Crippen LogP contribution in [0.25, 0.3) is 22.6 Å². The van der Waals surface area contributed by atoms with Gasteiger partial charge < -0.3 is 20.1 Å². The molecule has 10 heteroatoms. The smallest absolute Gasteiger partial charge is 0.359 e. The first-order chi connectivity index (χ1) is 13.3. The number of anilines is 1. The van der Waals surface area contributed by atoms with Gasteiger partial charge in [0.2, 0.25) is 5.01 Å². The van der Waals surface area contributed by atoms with Crippen LogP contribution < -0.4 is 10.2 Å². The molecule has 0 aliphatic carbocycles. The molecular formula is C18H21F3N6S. The molecule has 2 N–H and O–H groups in total. The Morgan fingerprint density at radius 3 is 2.75 bits per heavy atom. The summed E-state index contributed by atoms with van der Waals surface area (Å²) in [5.41, 5.74) is 1.74. The number of thiazole rings is 1. The molecule has 1 aliphatic heterocycles. The van der Waals surface area contributed by atoms with Gasteiger partial charge in [0.1, 0.15) is 10.7 Å². The number of fused-ring (bicyclic) bond motifs is 1. The van der Waals surface area contributed by atoms with Crippen LogP contribution in [0.2, 0.25) is 0 Å². The van der Waals surface area contributed by atoms with E-state index in [1.807, 2.05) is 43.3 Å². The molecular weight excluding hydrogens is 389 g/mol. The van der Waals surface area contributed by atoms with Gasteiger partial charge in [-0.3, -0.25) is 0 Å². The van der Waals surface area contributed by atoms with Crippen molar-refractivity contribution in [2.24, 2.45) is 0 Å². The van der Waals surface area contributed by atoms with Crippen LogP contribution in [0.4, 0.5) is 18.2 Å². The molecule has 28 heavy (non-hydrogen) atoms. The first kappa shape index (κ1) is 19.2. The van der Waals surface area contributed by atoms with E-state index in [-0.39, 0.29) is 11.7 Å². The third-order valence-electron chi connectivity index (χ3n) is 4.59. The van der Waals surface area contributed by atoms with Crippen LogP contribution in [-0.2, 0) is 6.18 Å². The number of piperazine rings is 1. The van der Waals surface area contributed by atoms with Gasteiger partial charge in [-0.25, -0.2) is 9.97 Å². The number of nitrogens with one attached hydrogen (secondary N) is 2. The van der Waals surface area contributed by atoms with E-state index >= 15 is 0 Å². The van der Waals surface area contributed by atoms with E-state index in [1.165, 1.54) is 0 Å². The molecule has 6 nitrogen and oxygen atoms in total. The quantitative estimate of drug-likeness (QED) is 0.692. The number of para-hydroxylation sites is 2. The molecule has 1 fully saturated rings. The van der Waals surface area contributed by atoms with Gasteiger partial charge in [-0.2, -0.15) is 13.2 Å². The van der Waals surface area contributed by atoms with Crippen molar-refractivity contribution >= 4 is 27.4 Å². The number of benzene rings is 1. The first-order valence-electron chi connectivity index (χ1n) is 8.97. The standard InChI is InChI=1S/C18H21F3N6S/c1-26(2)9-11-10-27(8-7-22-11)16-14(25-17(28-16)18(19,20)21)15-23-12-5-3-4-6-13(12)24-15/h3-6,11,22H,7-10H2,1-2H3,(H,23,24)/t11-/m1/s1. The Bertz CT molecular complexity index is 931. The van der Waals surface area contributed by atoms with Crippen molar-refractivity contribution in [3.05, 3.63) is 29.3 Å². The van der Waals surface area contributed by atoms with Crippen molar-refractivity contribution in [1.29, 1.82) is 0 Å². The van der Waals surface area contributed by atoms with E-state index in [9.17, 15) is 13.2 Å². The van der Waals surface area contributed by atoms with Crippen LogP contribution in [0, 0.1) is 0 Å². The molecule has 3 heterocycles. The summed E-state index contributed by atoms with van der Waals surface area (Å²) in [4.78, 5) is 15.6. The lowest BCUT2D eigenvalue weighted by Crippen LogP contribution is -2.54. The van der Waals surface area contributed by atoms with Crippen LogP contribution in [0.3, 0.4) is 0 Å². The largest absolute Gasteiger partial charge is 0.443 e. The highest BCUT2D eigenvalue weighted by Gasteiger charge is 2.38. The Balaban J connectivity index is 1.74. The third kappa shape index (κ3) is 3.85. The summed E-state index contributed by atoms with van der Waals surface area (Å²) in [6, 6.07) is 7.54. The lowest BCUT2D eigenvalue weighted by Gasteiger charge is -2.35. The summed E-state index contributed by atoms with van der Waals surface area (Å²) in [5.74, 6) is 0.366. The maximum atomic E-state index is 13.4. The molecule has 4 rings (SSSR count). The number of aromatic amines is 1. The van der Waals surface area contributed by atoms with Crippen LogP contribution >= 0.6 is 11.3 Å². The predicted octanol–water partition coefficient (Wildman–Crippen LogP) is 3.04. The van der Waals surface area contributed by atoms with Gasteiger partial charge in [-0.15, -0.1) is 0 Å². The Morgan fingerprint density at radius 2 is 2.04 bits per heavy atom. The van der Waals surface area contributed by atoms with Gasteiger partial charge in [0.05, 0.1) is 11.0 Å². The van der Waals surface area contributed by atoms with E-state index in [0.29, 0.717) is 47.3 Å². The van der Waals surface area contributed by atoms with Gasteiger partial charge >= 0.3 is 6.18 Å². The molecule has 1 saturated heterocycles. The highest BCUT2D eigenvalue weighted by atomic mass is 32.1. The Hall–Kier alpha value is -2.17. The fourth-order valence-corrected chi connectivity index (χ4v) is 4.41. The average molecular weight is 410 g/mol. The van der Waals surface area contributed by atoms with Gasteiger partial charge in [-0.1, -0.05) is 23.5 Å². The topological polar surface area (TPSA) is 60.1 Å². The first-order valence-corrected chi connectivity index (χ1v) is 9.79. The minimum absolute atomic E-state index is 0.170. The van der Waals surface area contributed by atoms with Crippen molar-refractivity contribution in [1.82, 2.24) is 25.2 Å². The molecule has 0 radical (unpaired) electrons.